The van der Waals surface area contributed by atoms with E-state index in [1.165, 1.54) is 6.20 Å². The van der Waals surface area contributed by atoms with E-state index in [2.05, 4.69) is 4.99 Å². The molecule has 1 unspecified atom stereocenters. The zero-order valence-corrected chi connectivity index (χ0v) is 9.30. The number of ether oxygens (including phenoxy) is 2. The Hall–Kier alpha value is -1.43. The largest absolute Gasteiger partial charge is 0.470 e. The summed E-state index contributed by atoms with van der Waals surface area (Å²) in [6, 6.07) is 0. The van der Waals surface area contributed by atoms with Crippen molar-refractivity contribution in [2.45, 2.75) is 25.9 Å². The number of aliphatic imine (C=N–C) groups is 1. The Morgan fingerprint density at radius 1 is 1.75 bits per heavy atom. The number of nitro groups is 1. The van der Waals surface area contributed by atoms with Gasteiger partial charge in [0.25, 0.3) is 12.4 Å². The maximum absolute atomic E-state index is 10.4. The summed E-state index contributed by atoms with van der Waals surface area (Å²) in [5.41, 5.74) is 0. The molecular weight excluding hydrogens is 212 g/mol. The molecule has 1 rings (SSSR count). The summed E-state index contributed by atoms with van der Waals surface area (Å²) in [6.07, 6.45) is 4.84. The van der Waals surface area contributed by atoms with Crippen molar-refractivity contribution < 1.29 is 14.4 Å². The van der Waals surface area contributed by atoms with Crippen LogP contribution < -0.4 is 0 Å². The van der Waals surface area contributed by atoms with E-state index >= 15 is 0 Å². The maximum Gasteiger partial charge on any atom is 0.278 e. The smallest absolute Gasteiger partial charge is 0.278 e. The fourth-order valence-corrected chi connectivity index (χ4v) is 1.26. The number of allylic oxidation sites excluding steroid dienone is 1. The van der Waals surface area contributed by atoms with Crippen LogP contribution in [0.4, 0.5) is 0 Å². The monoisotopic (exact) mass is 228 g/mol. The quantitative estimate of drug-likeness (QED) is 0.308. The maximum atomic E-state index is 10.4. The Balaban J connectivity index is 2.51. The predicted octanol–water partition coefficient (Wildman–Crippen LogP) is 1.39. The van der Waals surface area contributed by atoms with E-state index in [1.807, 2.05) is 13.0 Å². The molecule has 16 heavy (non-hydrogen) atoms. The lowest BCUT2D eigenvalue weighted by molar-refractivity contribution is -0.465. The summed E-state index contributed by atoms with van der Waals surface area (Å²) in [4.78, 5) is 13.9. The van der Waals surface area contributed by atoms with Gasteiger partial charge in [0.05, 0.1) is 13.2 Å². The molecule has 0 bridgehead atoms. The van der Waals surface area contributed by atoms with Crippen molar-refractivity contribution in [3.05, 3.63) is 22.4 Å². The normalized spacial score (nSPS) is 21.6. The molecule has 0 aliphatic carbocycles. The molecule has 1 fully saturated rings. The van der Waals surface area contributed by atoms with Crippen LogP contribution in [-0.4, -0.2) is 36.7 Å². The van der Waals surface area contributed by atoms with Gasteiger partial charge < -0.3 is 9.47 Å². The fourth-order valence-electron chi connectivity index (χ4n) is 1.26. The summed E-state index contributed by atoms with van der Waals surface area (Å²) >= 11 is 0. The topological polar surface area (TPSA) is 74.0 Å². The van der Waals surface area contributed by atoms with Gasteiger partial charge in [-0.3, -0.25) is 10.1 Å². The lowest BCUT2D eigenvalue weighted by atomic mass is 10.3. The molecule has 6 heteroatoms. The van der Waals surface area contributed by atoms with Crippen LogP contribution in [0.1, 0.15) is 19.8 Å². The Bertz CT molecular complexity index is 283. The second-order valence-corrected chi connectivity index (χ2v) is 3.41. The van der Waals surface area contributed by atoms with E-state index in [0.717, 1.165) is 12.8 Å². The first-order chi connectivity index (χ1) is 7.72. The molecule has 0 aromatic carbocycles. The Morgan fingerprint density at radius 3 is 3.12 bits per heavy atom. The van der Waals surface area contributed by atoms with Crippen LogP contribution >= 0.6 is 0 Å². The molecule has 1 aliphatic heterocycles. The van der Waals surface area contributed by atoms with Gasteiger partial charge in [0.1, 0.15) is 6.10 Å². The first kappa shape index (κ1) is 12.6. The van der Waals surface area contributed by atoms with Gasteiger partial charge in [-0.25, -0.2) is 4.99 Å². The SMILES string of the molecule is CCC=CN=C(C[N+](=O)[O-])OC1CCOC1. The van der Waals surface area contributed by atoms with E-state index in [4.69, 9.17) is 9.47 Å². The fraction of sp³-hybridized carbons (Fsp3) is 0.700. The number of hydrogen-bond acceptors (Lipinski definition) is 5. The van der Waals surface area contributed by atoms with Gasteiger partial charge >= 0.3 is 0 Å². The highest BCUT2D eigenvalue weighted by atomic mass is 16.6. The van der Waals surface area contributed by atoms with E-state index < -0.39 is 4.92 Å². The van der Waals surface area contributed by atoms with E-state index in [9.17, 15) is 10.1 Å². The molecule has 1 heterocycles. The molecule has 0 aromatic rings. The van der Waals surface area contributed by atoms with Crippen molar-refractivity contribution >= 4 is 5.90 Å². The number of rotatable bonds is 5. The van der Waals surface area contributed by atoms with Crippen LogP contribution in [0.15, 0.2) is 17.3 Å². The van der Waals surface area contributed by atoms with Crippen molar-refractivity contribution in [2.24, 2.45) is 4.99 Å². The molecule has 90 valence electrons. The van der Waals surface area contributed by atoms with Gasteiger partial charge in [-0.15, -0.1) is 0 Å². The van der Waals surface area contributed by atoms with Crippen molar-refractivity contribution in [2.75, 3.05) is 19.8 Å². The second-order valence-electron chi connectivity index (χ2n) is 3.41. The molecular formula is C10H16N2O4. The highest BCUT2D eigenvalue weighted by Gasteiger charge is 2.20. The lowest BCUT2D eigenvalue weighted by Gasteiger charge is -2.10. The van der Waals surface area contributed by atoms with E-state index in [1.54, 1.807) is 0 Å². The van der Waals surface area contributed by atoms with Crippen LogP contribution in [0, 0.1) is 10.1 Å². The molecule has 0 saturated carbocycles. The van der Waals surface area contributed by atoms with Gasteiger partial charge in [0.2, 0.25) is 0 Å². The highest BCUT2D eigenvalue weighted by Crippen LogP contribution is 2.09. The Kier molecular flexibility index (Phi) is 5.49. The third-order valence-corrected chi connectivity index (χ3v) is 2.01. The van der Waals surface area contributed by atoms with Crippen LogP contribution in [0.5, 0.6) is 0 Å². The molecule has 0 aromatic heterocycles. The number of hydrogen-bond donors (Lipinski definition) is 0. The Labute approximate surface area is 94.1 Å². The van der Waals surface area contributed by atoms with Crippen LogP contribution in [0.25, 0.3) is 0 Å². The summed E-state index contributed by atoms with van der Waals surface area (Å²) in [6.45, 7) is 2.70. The lowest BCUT2D eigenvalue weighted by Crippen LogP contribution is -2.24. The van der Waals surface area contributed by atoms with Crippen molar-refractivity contribution in [3.63, 3.8) is 0 Å². The van der Waals surface area contributed by atoms with Crippen LogP contribution in [0.3, 0.4) is 0 Å². The third kappa shape index (κ3) is 4.88. The zero-order valence-electron chi connectivity index (χ0n) is 9.30. The molecule has 6 nitrogen and oxygen atoms in total. The Morgan fingerprint density at radius 2 is 2.56 bits per heavy atom. The summed E-state index contributed by atoms with van der Waals surface area (Å²) < 4.78 is 10.5. The minimum atomic E-state index is -0.450. The highest BCUT2D eigenvalue weighted by molar-refractivity contribution is 5.77. The van der Waals surface area contributed by atoms with Gasteiger partial charge in [0.15, 0.2) is 0 Å². The zero-order chi connectivity index (χ0) is 11.8. The third-order valence-electron chi connectivity index (χ3n) is 2.01. The van der Waals surface area contributed by atoms with E-state index in [0.29, 0.717) is 13.2 Å². The summed E-state index contributed by atoms with van der Waals surface area (Å²) in [7, 11) is 0. The van der Waals surface area contributed by atoms with Gasteiger partial charge in [-0.05, 0) is 6.42 Å². The predicted molar refractivity (Wildman–Crippen MR) is 59.0 cm³/mol. The molecule has 1 saturated heterocycles. The van der Waals surface area contributed by atoms with E-state index in [-0.39, 0.29) is 18.5 Å². The minimum Gasteiger partial charge on any atom is -0.470 e. The van der Waals surface area contributed by atoms with Crippen molar-refractivity contribution in [1.82, 2.24) is 0 Å². The first-order valence-corrected chi connectivity index (χ1v) is 5.30. The molecule has 1 atom stereocenters. The summed E-state index contributed by atoms with van der Waals surface area (Å²) in [5.74, 6) is 0.144. The standard InChI is InChI=1S/C10H16N2O4/c1-2-3-5-11-10(7-12(13)14)16-9-4-6-15-8-9/h3,5,9H,2,4,6-8H2,1H3. The van der Waals surface area contributed by atoms with Gasteiger partial charge in [-0.1, -0.05) is 13.0 Å². The van der Waals surface area contributed by atoms with Crippen molar-refractivity contribution in [1.29, 1.82) is 0 Å². The van der Waals surface area contributed by atoms with Crippen molar-refractivity contribution in [3.8, 4) is 0 Å². The molecule has 0 N–H and O–H groups in total. The summed E-state index contributed by atoms with van der Waals surface area (Å²) in [5, 5.41) is 10.4. The van der Waals surface area contributed by atoms with Gasteiger partial charge in [-0.2, -0.15) is 0 Å². The molecule has 1 aliphatic rings. The molecule has 0 amide bonds. The van der Waals surface area contributed by atoms with Crippen LogP contribution in [0.2, 0.25) is 0 Å². The molecule has 0 radical (unpaired) electrons. The van der Waals surface area contributed by atoms with Crippen LogP contribution in [-0.2, 0) is 9.47 Å². The average molecular weight is 228 g/mol. The first-order valence-electron chi connectivity index (χ1n) is 5.30. The molecule has 0 spiro atoms. The minimum absolute atomic E-state index is 0.103. The van der Waals surface area contributed by atoms with Gasteiger partial charge in [0, 0.05) is 17.5 Å². The average Bonchev–Trinajstić information content (AvgIpc) is 2.69. The number of nitrogens with zero attached hydrogens (tertiary/aromatic N) is 2. The second kappa shape index (κ2) is 6.95.